The third-order valence-corrected chi connectivity index (χ3v) is 3.23. The molecular formula is C15H25F2N3. The van der Waals surface area contributed by atoms with E-state index in [9.17, 15) is 8.78 Å². The van der Waals surface area contributed by atoms with E-state index >= 15 is 0 Å². The van der Waals surface area contributed by atoms with E-state index in [1.165, 1.54) is 0 Å². The minimum atomic E-state index is -0.790. The summed E-state index contributed by atoms with van der Waals surface area (Å²) in [6.45, 7) is 5.13. The van der Waals surface area contributed by atoms with Gasteiger partial charge in [0.05, 0.1) is 0 Å². The van der Waals surface area contributed by atoms with Gasteiger partial charge in [0.25, 0.3) is 0 Å². The Kier molecular flexibility index (Phi) is 7.05. The molecule has 0 aliphatic carbocycles. The van der Waals surface area contributed by atoms with Gasteiger partial charge in [-0.15, -0.1) is 0 Å². The van der Waals surface area contributed by atoms with Crippen LogP contribution in [0.5, 0.6) is 0 Å². The van der Waals surface area contributed by atoms with Crippen molar-refractivity contribution in [1.29, 1.82) is 0 Å². The van der Waals surface area contributed by atoms with Crippen LogP contribution in [-0.2, 0) is 0 Å². The number of hydrogen-bond acceptors (Lipinski definition) is 3. The van der Waals surface area contributed by atoms with E-state index in [2.05, 4.69) is 15.1 Å². The molecule has 1 atom stereocenters. The molecule has 1 aromatic rings. The van der Waals surface area contributed by atoms with Crippen LogP contribution >= 0.6 is 0 Å². The smallest absolute Gasteiger partial charge is 0.163 e. The van der Waals surface area contributed by atoms with Crippen LogP contribution in [0.15, 0.2) is 18.2 Å². The van der Waals surface area contributed by atoms with Gasteiger partial charge in [-0.05, 0) is 33.8 Å². The number of nitrogens with zero attached hydrogens (tertiary/aromatic N) is 2. The monoisotopic (exact) mass is 285 g/mol. The van der Waals surface area contributed by atoms with Gasteiger partial charge in [-0.1, -0.05) is 19.1 Å². The third-order valence-electron chi connectivity index (χ3n) is 3.23. The number of benzene rings is 1. The first-order valence-electron chi connectivity index (χ1n) is 6.96. The van der Waals surface area contributed by atoms with Crippen LogP contribution in [0.25, 0.3) is 0 Å². The normalized spacial score (nSPS) is 13.2. The van der Waals surface area contributed by atoms with E-state index in [1.807, 2.05) is 28.1 Å². The average molecular weight is 285 g/mol. The Morgan fingerprint density at radius 3 is 2.45 bits per heavy atom. The molecule has 1 unspecified atom stereocenters. The van der Waals surface area contributed by atoms with Crippen molar-refractivity contribution in [3.8, 4) is 0 Å². The molecule has 1 N–H and O–H groups in total. The predicted octanol–water partition coefficient (Wildman–Crippen LogP) is 2.11. The molecule has 0 heterocycles. The molecule has 0 saturated heterocycles. The molecular weight excluding hydrogens is 260 g/mol. The molecule has 0 saturated carbocycles. The Labute approximate surface area is 120 Å². The first-order valence-corrected chi connectivity index (χ1v) is 6.96. The van der Waals surface area contributed by atoms with Crippen LogP contribution in [0.4, 0.5) is 8.78 Å². The molecule has 0 spiro atoms. The van der Waals surface area contributed by atoms with Crippen molar-refractivity contribution < 1.29 is 8.78 Å². The van der Waals surface area contributed by atoms with E-state index in [1.54, 1.807) is 12.1 Å². The zero-order valence-electron chi connectivity index (χ0n) is 12.8. The fourth-order valence-corrected chi connectivity index (χ4v) is 2.08. The summed E-state index contributed by atoms with van der Waals surface area (Å²) in [6.07, 6.45) is 0. The molecule has 0 bridgehead atoms. The quantitative estimate of drug-likeness (QED) is 0.789. The van der Waals surface area contributed by atoms with Gasteiger partial charge >= 0.3 is 0 Å². The molecule has 0 aliphatic heterocycles. The van der Waals surface area contributed by atoms with Gasteiger partial charge in [-0.3, -0.25) is 0 Å². The van der Waals surface area contributed by atoms with Gasteiger partial charge < -0.3 is 15.1 Å². The van der Waals surface area contributed by atoms with E-state index in [0.29, 0.717) is 18.7 Å². The molecule has 114 valence electrons. The largest absolute Gasteiger partial charge is 0.309 e. The number of rotatable bonds is 8. The van der Waals surface area contributed by atoms with Gasteiger partial charge in [0.15, 0.2) is 11.6 Å². The standard InChI is InChI=1S/C15H25F2N3/c1-5-18-14(11-20(4)10-9-19(2)3)12-7-6-8-13(16)15(12)17/h6-8,14,18H,5,9-11H2,1-4H3. The van der Waals surface area contributed by atoms with E-state index in [4.69, 9.17) is 0 Å². The first kappa shape index (κ1) is 17.0. The summed E-state index contributed by atoms with van der Waals surface area (Å²) in [5.74, 6) is -1.54. The van der Waals surface area contributed by atoms with Gasteiger partial charge in [-0.25, -0.2) is 8.78 Å². The molecule has 0 amide bonds. The summed E-state index contributed by atoms with van der Waals surface area (Å²) < 4.78 is 27.2. The van der Waals surface area contributed by atoms with Crippen molar-refractivity contribution in [1.82, 2.24) is 15.1 Å². The van der Waals surface area contributed by atoms with Crippen molar-refractivity contribution in [3.05, 3.63) is 35.4 Å². The van der Waals surface area contributed by atoms with Gasteiger partial charge in [0, 0.05) is 31.2 Å². The Balaban J connectivity index is 2.75. The SMILES string of the molecule is CCNC(CN(C)CCN(C)C)c1cccc(F)c1F. The first-order chi connectivity index (χ1) is 9.45. The van der Waals surface area contributed by atoms with Crippen molar-refractivity contribution in [2.75, 3.05) is 47.3 Å². The summed E-state index contributed by atoms with van der Waals surface area (Å²) in [4.78, 5) is 4.22. The van der Waals surface area contributed by atoms with Crippen LogP contribution in [0.2, 0.25) is 0 Å². The van der Waals surface area contributed by atoms with Crippen LogP contribution < -0.4 is 5.32 Å². The molecule has 5 heteroatoms. The van der Waals surface area contributed by atoms with Gasteiger partial charge in [0.1, 0.15) is 0 Å². The second-order valence-electron chi connectivity index (χ2n) is 5.32. The molecule has 0 aliphatic rings. The summed E-state index contributed by atoms with van der Waals surface area (Å²) >= 11 is 0. The summed E-state index contributed by atoms with van der Waals surface area (Å²) in [5, 5.41) is 3.22. The molecule has 0 aromatic heterocycles. The van der Waals surface area contributed by atoms with E-state index in [0.717, 1.165) is 19.2 Å². The summed E-state index contributed by atoms with van der Waals surface area (Å²) in [6, 6.07) is 4.14. The fourth-order valence-electron chi connectivity index (χ4n) is 2.08. The van der Waals surface area contributed by atoms with Crippen LogP contribution in [0, 0.1) is 11.6 Å². The van der Waals surface area contributed by atoms with Gasteiger partial charge in [0.2, 0.25) is 0 Å². The highest BCUT2D eigenvalue weighted by atomic mass is 19.2. The number of hydrogen-bond donors (Lipinski definition) is 1. The Hall–Kier alpha value is -1.04. The maximum atomic E-state index is 13.9. The Bertz CT molecular complexity index is 410. The zero-order chi connectivity index (χ0) is 15.1. The van der Waals surface area contributed by atoms with Gasteiger partial charge in [-0.2, -0.15) is 0 Å². The number of halogens is 2. The van der Waals surface area contributed by atoms with Crippen LogP contribution in [0.1, 0.15) is 18.5 Å². The lowest BCUT2D eigenvalue weighted by Crippen LogP contribution is -2.36. The molecule has 3 nitrogen and oxygen atoms in total. The minimum Gasteiger partial charge on any atom is -0.309 e. The lowest BCUT2D eigenvalue weighted by atomic mass is 10.1. The number of likely N-dealkylation sites (N-methyl/N-ethyl adjacent to an activating group) is 3. The Morgan fingerprint density at radius 2 is 1.85 bits per heavy atom. The number of nitrogens with one attached hydrogen (secondary N) is 1. The van der Waals surface area contributed by atoms with Crippen LogP contribution in [-0.4, -0.2) is 57.1 Å². The molecule has 1 aromatic carbocycles. The predicted molar refractivity (Wildman–Crippen MR) is 78.8 cm³/mol. The lowest BCUT2D eigenvalue weighted by molar-refractivity contribution is 0.255. The average Bonchev–Trinajstić information content (AvgIpc) is 2.39. The third kappa shape index (κ3) is 5.15. The summed E-state index contributed by atoms with van der Waals surface area (Å²) in [7, 11) is 6.02. The topological polar surface area (TPSA) is 18.5 Å². The lowest BCUT2D eigenvalue weighted by Gasteiger charge is -2.26. The minimum absolute atomic E-state index is 0.206. The molecule has 0 radical (unpaired) electrons. The van der Waals surface area contributed by atoms with Crippen molar-refractivity contribution in [2.45, 2.75) is 13.0 Å². The molecule has 0 fully saturated rings. The maximum absolute atomic E-state index is 13.9. The van der Waals surface area contributed by atoms with E-state index < -0.39 is 11.6 Å². The summed E-state index contributed by atoms with van der Waals surface area (Å²) in [5.41, 5.74) is 0.392. The van der Waals surface area contributed by atoms with Crippen LogP contribution in [0.3, 0.4) is 0 Å². The van der Waals surface area contributed by atoms with Crippen molar-refractivity contribution in [3.63, 3.8) is 0 Å². The van der Waals surface area contributed by atoms with Crippen molar-refractivity contribution >= 4 is 0 Å². The second kappa shape index (κ2) is 8.29. The van der Waals surface area contributed by atoms with Crippen molar-refractivity contribution in [2.24, 2.45) is 0 Å². The Morgan fingerprint density at radius 1 is 1.15 bits per heavy atom. The highest BCUT2D eigenvalue weighted by Gasteiger charge is 2.18. The highest BCUT2D eigenvalue weighted by molar-refractivity contribution is 5.23. The zero-order valence-corrected chi connectivity index (χ0v) is 12.8. The van der Waals surface area contributed by atoms with E-state index in [-0.39, 0.29) is 6.04 Å². The highest BCUT2D eigenvalue weighted by Crippen LogP contribution is 2.20. The fraction of sp³-hybridized carbons (Fsp3) is 0.600. The second-order valence-corrected chi connectivity index (χ2v) is 5.32. The maximum Gasteiger partial charge on any atom is 0.163 e. The molecule has 1 rings (SSSR count). The molecule has 20 heavy (non-hydrogen) atoms.